The first kappa shape index (κ1) is 18.0. The van der Waals surface area contributed by atoms with E-state index < -0.39 is 0 Å². The van der Waals surface area contributed by atoms with Crippen LogP contribution < -0.4 is 0 Å². The van der Waals surface area contributed by atoms with Gasteiger partial charge in [0.05, 0.1) is 11.2 Å². The van der Waals surface area contributed by atoms with Gasteiger partial charge in [-0.3, -0.25) is 4.79 Å². The normalized spacial score (nSPS) is 17.2. The predicted octanol–water partition coefficient (Wildman–Crippen LogP) is 4.49. The summed E-state index contributed by atoms with van der Waals surface area (Å²) < 4.78 is 19.4. The van der Waals surface area contributed by atoms with Gasteiger partial charge in [0.15, 0.2) is 0 Å². The Hall–Kier alpha value is -3.07. The van der Waals surface area contributed by atoms with E-state index in [1.165, 1.54) is 23.5 Å². The Morgan fingerprint density at radius 1 is 1.31 bits per heavy atom. The van der Waals surface area contributed by atoms with Crippen LogP contribution in [0.3, 0.4) is 0 Å². The van der Waals surface area contributed by atoms with Crippen molar-refractivity contribution in [3.8, 4) is 10.8 Å². The molecule has 1 aliphatic rings. The number of hydrogen-bond acceptors (Lipinski definition) is 6. The Labute approximate surface area is 169 Å². The molecular formula is C20H18FN5O2S. The third kappa shape index (κ3) is 3.21. The van der Waals surface area contributed by atoms with Gasteiger partial charge >= 0.3 is 0 Å². The SMILES string of the molecule is Cc1ncsc1-c1nnc([C@H]2CCCCN2C(=O)c2cc3cc(F)ccc3[nH]2)o1. The first-order valence-electron chi connectivity index (χ1n) is 9.43. The molecule has 1 fully saturated rings. The monoisotopic (exact) mass is 411 g/mol. The minimum absolute atomic E-state index is 0.153. The van der Waals surface area contributed by atoms with E-state index in [0.717, 1.165) is 35.4 Å². The van der Waals surface area contributed by atoms with Gasteiger partial charge in [-0.25, -0.2) is 9.37 Å². The number of amides is 1. The molecular weight excluding hydrogens is 393 g/mol. The molecule has 0 saturated carbocycles. The zero-order valence-electron chi connectivity index (χ0n) is 15.7. The molecule has 1 aromatic carbocycles. The summed E-state index contributed by atoms with van der Waals surface area (Å²) >= 11 is 1.45. The van der Waals surface area contributed by atoms with Crippen molar-refractivity contribution in [3.63, 3.8) is 0 Å². The maximum atomic E-state index is 13.5. The number of aryl methyl sites for hydroxylation is 1. The third-order valence-electron chi connectivity index (χ3n) is 5.24. The van der Waals surface area contributed by atoms with Crippen molar-refractivity contribution in [3.05, 3.63) is 52.9 Å². The molecule has 9 heteroatoms. The summed E-state index contributed by atoms with van der Waals surface area (Å²) in [6, 6.07) is 5.83. The molecule has 4 aromatic rings. The van der Waals surface area contributed by atoms with Gasteiger partial charge in [-0.2, -0.15) is 0 Å². The summed E-state index contributed by atoms with van der Waals surface area (Å²) in [5.74, 6) is 0.380. The van der Waals surface area contributed by atoms with Crippen LogP contribution in [0.5, 0.6) is 0 Å². The number of nitrogens with zero attached hydrogens (tertiary/aromatic N) is 4. The second-order valence-corrected chi connectivity index (χ2v) is 7.99. The number of halogens is 1. The Morgan fingerprint density at radius 2 is 2.21 bits per heavy atom. The number of piperidine rings is 1. The predicted molar refractivity (Wildman–Crippen MR) is 106 cm³/mol. The number of carbonyl (C=O) groups excluding carboxylic acids is 1. The number of fused-ring (bicyclic) bond motifs is 1. The molecule has 1 N–H and O–H groups in total. The molecule has 1 saturated heterocycles. The fourth-order valence-electron chi connectivity index (χ4n) is 3.77. The summed E-state index contributed by atoms with van der Waals surface area (Å²) in [5, 5.41) is 9.07. The number of aromatic nitrogens is 4. The second kappa shape index (κ2) is 7.07. The lowest BCUT2D eigenvalue weighted by atomic mass is 10.0. The van der Waals surface area contributed by atoms with Crippen molar-refractivity contribution < 1.29 is 13.6 Å². The topological polar surface area (TPSA) is 87.9 Å². The number of likely N-dealkylation sites (tertiary alicyclic amines) is 1. The molecule has 5 rings (SSSR count). The van der Waals surface area contributed by atoms with E-state index >= 15 is 0 Å². The first-order valence-corrected chi connectivity index (χ1v) is 10.3. The average molecular weight is 411 g/mol. The van der Waals surface area contributed by atoms with E-state index in [0.29, 0.717) is 29.4 Å². The number of rotatable bonds is 3. The van der Waals surface area contributed by atoms with Crippen molar-refractivity contribution in [2.45, 2.75) is 32.2 Å². The fraction of sp³-hybridized carbons (Fsp3) is 0.300. The van der Waals surface area contributed by atoms with Crippen molar-refractivity contribution in [2.75, 3.05) is 6.54 Å². The molecule has 0 radical (unpaired) electrons. The van der Waals surface area contributed by atoms with Gasteiger partial charge in [-0.05, 0) is 50.5 Å². The number of thiazole rings is 1. The summed E-state index contributed by atoms with van der Waals surface area (Å²) in [4.78, 5) is 23.2. The van der Waals surface area contributed by atoms with Crippen LogP contribution in [0.2, 0.25) is 0 Å². The van der Waals surface area contributed by atoms with Crippen LogP contribution in [0.25, 0.3) is 21.7 Å². The van der Waals surface area contributed by atoms with Crippen LogP contribution in [0, 0.1) is 12.7 Å². The van der Waals surface area contributed by atoms with Crippen molar-refractivity contribution in [1.29, 1.82) is 0 Å². The Morgan fingerprint density at radius 3 is 3.03 bits per heavy atom. The molecule has 0 aliphatic carbocycles. The molecule has 0 bridgehead atoms. The summed E-state index contributed by atoms with van der Waals surface area (Å²) in [5.41, 5.74) is 3.73. The Bertz CT molecular complexity index is 1200. The molecule has 1 atom stereocenters. The highest BCUT2D eigenvalue weighted by Crippen LogP contribution is 2.34. The van der Waals surface area contributed by atoms with Crippen molar-refractivity contribution in [2.24, 2.45) is 0 Å². The largest absolute Gasteiger partial charge is 0.418 e. The number of carbonyl (C=O) groups is 1. The molecule has 1 aliphatic heterocycles. The van der Waals surface area contributed by atoms with Gasteiger partial charge in [0.1, 0.15) is 22.4 Å². The van der Waals surface area contributed by atoms with E-state index in [1.807, 2.05) is 6.92 Å². The summed E-state index contributed by atoms with van der Waals surface area (Å²) in [7, 11) is 0. The molecule has 7 nitrogen and oxygen atoms in total. The number of benzene rings is 1. The van der Waals surface area contributed by atoms with E-state index in [2.05, 4.69) is 20.2 Å². The molecule has 148 valence electrons. The van der Waals surface area contributed by atoms with E-state index in [9.17, 15) is 9.18 Å². The minimum atomic E-state index is -0.330. The van der Waals surface area contributed by atoms with Gasteiger partial charge in [0.2, 0.25) is 5.89 Å². The van der Waals surface area contributed by atoms with Crippen LogP contribution in [-0.2, 0) is 0 Å². The summed E-state index contributed by atoms with van der Waals surface area (Å²) in [6.45, 7) is 2.50. The van der Waals surface area contributed by atoms with E-state index in [-0.39, 0.29) is 17.8 Å². The highest BCUT2D eigenvalue weighted by atomic mass is 32.1. The highest BCUT2D eigenvalue weighted by Gasteiger charge is 2.33. The lowest BCUT2D eigenvalue weighted by Crippen LogP contribution is -2.38. The number of nitrogens with one attached hydrogen (secondary N) is 1. The van der Waals surface area contributed by atoms with Gasteiger partial charge in [0.25, 0.3) is 11.8 Å². The minimum Gasteiger partial charge on any atom is -0.418 e. The second-order valence-electron chi connectivity index (χ2n) is 7.14. The first-order chi connectivity index (χ1) is 14.1. The average Bonchev–Trinajstić information content (AvgIpc) is 3.46. The zero-order chi connectivity index (χ0) is 20.0. The Kier molecular flexibility index (Phi) is 4.39. The molecule has 3 aromatic heterocycles. The number of aromatic amines is 1. The van der Waals surface area contributed by atoms with Gasteiger partial charge < -0.3 is 14.3 Å². The molecule has 29 heavy (non-hydrogen) atoms. The maximum absolute atomic E-state index is 13.5. The van der Waals surface area contributed by atoms with Crippen LogP contribution in [0.1, 0.15) is 47.4 Å². The van der Waals surface area contributed by atoms with Gasteiger partial charge in [-0.15, -0.1) is 21.5 Å². The van der Waals surface area contributed by atoms with Gasteiger partial charge in [-0.1, -0.05) is 0 Å². The lowest BCUT2D eigenvalue weighted by Gasteiger charge is -2.33. The zero-order valence-corrected chi connectivity index (χ0v) is 16.5. The highest BCUT2D eigenvalue weighted by molar-refractivity contribution is 7.13. The Balaban J connectivity index is 1.46. The van der Waals surface area contributed by atoms with E-state index in [1.54, 1.807) is 22.5 Å². The molecule has 0 unspecified atom stereocenters. The fourth-order valence-corrected chi connectivity index (χ4v) is 4.50. The quantitative estimate of drug-likeness (QED) is 0.537. The molecule has 4 heterocycles. The van der Waals surface area contributed by atoms with E-state index in [4.69, 9.17) is 4.42 Å². The summed E-state index contributed by atoms with van der Waals surface area (Å²) in [6.07, 6.45) is 2.64. The van der Waals surface area contributed by atoms with Crippen LogP contribution in [0.15, 0.2) is 34.2 Å². The van der Waals surface area contributed by atoms with Crippen LogP contribution in [-0.4, -0.2) is 37.5 Å². The number of hydrogen-bond donors (Lipinski definition) is 1. The van der Waals surface area contributed by atoms with Gasteiger partial charge in [0, 0.05) is 17.4 Å². The molecule has 1 amide bonds. The van der Waals surface area contributed by atoms with Crippen molar-refractivity contribution >= 4 is 28.1 Å². The number of H-pyrrole nitrogens is 1. The van der Waals surface area contributed by atoms with Crippen molar-refractivity contribution in [1.82, 2.24) is 25.1 Å². The van der Waals surface area contributed by atoms with Crippen LogP contribution in [0.4, 0.5) is 4.39 Å². The van der Waals surface area contributed by atoms with Crippen LogP contribution >= 0.6 is 11.3 Å². The maximum Gasteiger partial charge on any atom is 0.270 e. The standard InChI is InChI=1S/C20H18FN5O2S/c1-11-17(29-10-22-11)19-25-24-18(28-19)16-4-2-3-7-26(16)20(27)15-9-12-8-13(21)5-6-14(12)23-15/h5-6,8-10,16,23H,2-4,7H2,1H3/t16-/m1/s1. The molecule has 0 spiro atoms. The smallest absolute Gasteiger partial charge is 0.270 e. The third-order valence-corrected chi connectivity index (χ3v) is 6.16. The lowest BCUT2D eigenvalue weighted by molar-refractivity contribution is 0.0567.